The molecule has 0 saturated carbocycles. The molecule has 0 saturated heterocycles. The van der Waals surface area contributed by atoms with Crippen molar-refractivity contribution in [3.05, 3.63) is 58.1 Å². The van der Waals surface area contributed by atoms with Gasteiger partial charge in [-0.1, -0.05) is 24.3 Å². The molecule has 0 spiro atoms. The molecule has 6 heteroatoms. The van der Waals surface area contributed by atoms with Crippen molar-refractivity contribution in [2.24, 2.45) is 0 Å². The van der Waals surface area contributed by atoms with Crippen molar-refractivity contribution >= 4 is 11.7 Å². The number of hydrogen-bond donors (Lipinski definition) is 1. The Labute approximate surface area is 120 Å². The SMILES string of the molecule is COc1ccccc1-c1ccc(CC(=O)O)cc1[N+](=O)[O-]. The van der Waals surface area contributed by atoms with Gasteiger partial charge in [0.1, 0.15) is 5.75 Å². The van der Waals surface area contributed by atoms with Crippen LogP contribution in [0.1, 0.15) is 5.56 Å². The van der Waals surface area contributed by atoms with Gasteiger partial charge in [-0.25, -0.2) is 0 Å². The van der Waals surface area contributed by atoms with Crippen LogP contribution in [0.15, 0.2) is 42.5 Å². The number of nitro benzene ring substituents is 1. The minimum absolute atomic E-state index is 0.141. The third-order valence-electron chi connectivity index (χ3n) is 3.01. The van der Waals surface area contributed by atoms with E-state index in [1.54, 1.807) is 36.4 Å². The zero-order chi connectivity index (χ0) is 15.4. The van der Waals surface area contributed by atoms with Gasteiger partial charge in [0, 0.05) is 11.6 Å². The van der Waals surface area contributed by atoms with E-state index in [-0.39, 0.29) is 12.1 Å². The van der Waals surface area contributed by atoms with Gasteiger partial charge in [0.15, 0.2) is 0 Å². The summed E-state index contributed by atoms with van der Waals surface area (Å²) in [6.45, 7) is 0. The Morgan fingerprint density at radius 1 is 1.24 bits per heavy atom. The summed E-state index contributed by atoms with van der Waals surface area (Å²) in [7, 11) is 1.49. The zero-order valence-electron chi connectivity index (χ0n) is 11.3. The lowest BCUT2D eigenvalue weighted by atomic mass is 9.99. The van der Waals surface area contributed by atoms with Crippen LogP contribution in [-0.2, 0) is 11.2 Å². The molecule has 0 aromatic heterocycles. The van der Waals surface area contributed by atoms with Gasteiger partial charge in [-0.15, -0.1) is 0 Å². The van der Waals surface area contributed by atoms with Crippen molar-refractivity contribution < 1.29 is 19.6 Å². The van der Waals surface area contributed by atoms with Gasteiger partial charge in [0.2, 0.25) is 0 Å². The Morgan fingerprint density at radius 2 is 1.95 bits per heavy atom. The maximum Gasteiger partial charge on any atom is 0.307 e. The fourth-order valence-corrected chi connectivity index (χ4v) is 2.11. The van der Waals surface area contributed by atoms with Gasteiger partial charge in [0.25, 0.3) is 5.69 Å². The number of benzene rings is 2. The van der Waals surface area contributed by atoms with Gasteiger partial charge >= 0.3 is 5.97 Å². The van der Waals surface area contributed by atoms with E-state index in [4.69, 9.17) is 9.84 Å². The third-order valence-corrected chi connectivity index (χ3v) is 3.01. The van der Waals surface area contributed by atoms with E-state index in [9.17, 15) is 14.9 Å². The molecule has 0 aliphatic heterocycles. The average molecular weight is 287 g/mol. The number of carboxylic acids is 1. The Hall–Kier alpha value is -2.89. The fourth-order valence-electron chi connectivity index (χ4n) is 2.11. The Morgan fingerprint density at radius 3 is 2.57 bits per heavy atom. The Balaban J connectivity index is 2.58. The van der Waals surface area contributed by atoms with Crippen LogP contribution in [0.3, 0.4) is 0 Å². The van der Waals surface area contributed by atoms with E-state index in [0.717, 1.165) is 0 Å². The molecule has 0 aliphatic carbocycles. The maximum absolute atomic E-state index is 11.3. The van der Waals surface area contributed by atoms with Crippen molar-refractivity contribution in [2.75, 3.05) is 7.11 Å². The first-order valence-electron chi connectivity index (χ1n) is 6.15. The molecular weight excluding hydrogens is 274 g/mol. The summed E-state index contributed by atoms with van der Waals surface area (Å²) in [6.07, 6.45) is -0.257. The highest BCUT2D eigenvalue weighted by Crippen LogP contribution is 2.36. The summed E-state index contributed by atoms with van der Waals surface area (Å²) in [6, 6.07) is 11.4. The second kappa shape index (κ2) is 6.04. The lowest BCUT2D eigenvalue weighted by molar-refractivity contribution is -0.384. The van der Waals surface area contributed by atoms with E-state index in [2.05, 4.69) is 0 Å². The number of nitro groups is 1. The van der Waals surface area contributed by atoms with Gasteiger partial charge in [-0.2, -0.15) is 0 Å². The molecule has 0 unspecified atom stereocenters. The molecule has 6 nitrogen and oxygen atoms in total. The van der Waals surface area contributed by atoms with Crippen molar-refractivity contribution in [2.45, 2.75) is 6.42 Å². The monoisotopic (exact) mass is 287 g/mol. The number of carbonyl (C=O) groups is 1. The van der Waals surface area contributed by atoms with Crippen LogP contribution in [0, 0.1) is 10.1 Å². The summed E-state index contributed by atoms with van der Waals surface area (Å²) in [5.41, 5.74) is 1.23. The molecule has 0 bridgehead atoms. The number of ether oxygens (including phenoxy) is 1. The molecule has 0 radical (unpaired) electrons. The average Bonchev–Trinajstić information content (AvgIpc) is 2.46. The Bertz CT molecular complexity index is 696. The normalized spacial score (nSPS) is 10.1. The predicted octanol–water partition coefficient (Wildman–Crippen LogP) is 2.90. The van der Waals surface area contributed by atoms with E-state index in [1.807, 2.05) is 0 Å². The zero-order valence-corrected chi connectivity index (χ0v) is 11.3. The molecule has 0 aliphatic rings. The van der Waals surface area contributed by atoms with Crippen molar-refractivity contribution in [1.29, 1.82) is 0 Å². The first kappa shape index (κ1) is 14.5. The van der Waals surface area contributed by atoms with Crippen LogP contribution >= 0.6 is 0 Å². The van der Waals surface area contributed by atoms with E-state index in [1.165, 1.54) is 13.2 Å². The smallest absolute Gasteiger partial charge is 0.307 e. The summed E-state index contributed by atoms with van der Waals surface area (Å²) in [5.74, 6) is -0.513. The Kier molecular flexibility index (Phi) is 4.18. The highest BCUT2D eigenvalue weighted by Gasteiger charge is 2.19. The van der Waals surface area contributed by atoms with Crippen molar-refractivity contribution in [1.82, 2.24) is 0 Å². The molecule has 2 rings (SSSR count). The molecule has 0 amide bonds. The third kappa shape index (κ3) is 3.17. The molecule has 2 aromatic rings. The van der Waals surface area contributed by atoms with Crippen LogP contribution in [0.25, 0.3) is 11.1 Å². The van der Waals surface area contributed by atoms with Crippen LogP contribution in [0.5, 0.6) is 5.75 Å². The molecule has 108 valence electrons. The van der Waals surface area contributed by atoms with E-state index < -0.39 is 10.9 Å². The van der Waals surface area contributed by atoms with Gasteiger partial charge < -0.3 is 9.84 Å². The van der Waals surface area contributed by atoms with Crippen LogP contribution in [-0.4, -0.2) is 23.1 Å². The number of nitrogens with zero attached hydrogens (tertiary/aromatic N) is 1. The molecular formula is C15H13NO5. The van der Waals surface area contributed by atoms with Gasteiger partial charge in [-0.05, 0) is 17.7 Å². The summed E-state index contributed by atoms with van der Waals surface area (Å²) in [5, 5.41) is 20.0. The van der Waals surface area contributed by atoms with Crippen molar-refractivity contribution in [3.63, 3.8) is 0 Å². The summed E-state index contributed by atoms with van der Waals surface area (Å²) in [4.78, 5) is 21.4. The lowest BCUT2D eigenvalue weighted by Crippen LogP contribution is -2.02. The second-order valence-corrected chi connectivity index (χ2v) is 4.38. The first-order valence-corrected chi connectivity index (χ1v) is 6.15. The first-order chi connectivity index (χ1) is 10.0. The molecule has 21 heavy (non-hydrogen) atoms. The van der Waals surface area contributed by atoms with Crippen molar-refractivity contribution in [3.8, 4) is 16.9 Å². The lowest BCUT2D eigenvalue weighted by Gasteiger charge is -2.09. The second-order valence-electron chi connectivity index (χ2n) is 4.38. The number of carboxylic acid groups (broad SMARTS) is 1. The molecule has 2 aromatic carbocycles. The van der Waals surface area contributed by atoms with E-state index >= 15 is 0 Å². The largest absolute Gasteiger partial charge is 0.496 e. The number of hydrogen-bond acceptors (Lipinski definition) is 4. The minimum Gasteiger partial charge on any atom is -0.496 e. The van der Waals surface area contributed by atoms with Gasteiger partial charge in [0.05, 0.1) is 24.0 Å². The molecule has 0 fully saturated rings. The van der Waals surface area contributed by atoms with E-state index in [0.29, 0.717) is 22.4 Å². The number of para-hydroxylation sites is 1. The highest BCUT2D eigenvalue weighted by atomic mass is 16.6. The molecule has 0 heterocycles. The van der Waals surface area contributed by atoms with Crippen LogP contribution in [0.2, 0.25) is 0 Å². The standard InChI is InChI=1S/C15H13NO5/c1-21-14-5-3-2-4-12(14)11-7-6-10(9-15(17)18)8-13(11)16(19)20/h2-8H,9H2,1H3,(H,17,18). The summed E-state index contributed by atoms with van der Waals surface area (Å²) < 4.78 is 5.21. The fraction of sp³-hybridized carbons (Fsp3) is 0.133. The maximum atomic E-state index is 11.3. The number of rotatable bonds is 5. The van der Waals surface area contributed by atoms with Gasteiger partial charge in [-0.3, -0.25) is 14.9 Å². The van der Waals surface area contributed by atoms with Crippen LogP contribution < -0.4 is 4.74 Å². The molecule has 1 N–H and O–H groups in total. The predicted molar refractivity (Wildman–Crippen MR) is 76.4 cm³/mol. The summed E-state index contributed by atoms with van der Waals surface area (Å²) >= 11 is 0. The molecule has 0 atom stereocenters. The quantitative estimate of drug-likeness (QED) is 0.674. The highest BCUT2D eigenvalue weighted by molar-refractivity contribution is 5.79. The topological polar surface area (TPSA) is 89.7 Å². The number of methoxy groups -OCH3 is 1. The minimum atomic E-state index is -1.03. The number of aliphatic carboxylic acids is 1. The van der Waals surface area contributed by atoms with Crippen LogP contribution in [0.4, 0.5) is 5.69 Å².